The van der Waals surface area contributed by atoms with E-state index in [4.69, 9.17) is 14.4 Å². The zero-order valence-electron chi connectivity index (χ0n) is 21.5. The normalized spacial score (nSPS) is 11.4. The zero-order chi connectivity index (χ0) is 29.5. The largest absolute Gasteiger partial charge is 0.490 e. The molecule has 212 valence electrons. The predicted molar refractivity (Wildman–Crippen MR) is 137 cm³/mol. The summed E-state index contributed by atoms with van der Waals surface area (Å²) < 4.78 is 64.8. The second-order valence-electron chi connectivity index (χ2n) is 8.42. The van der Waals surface area contributed by atoms with Gasteiger partial charge in [-0.1, -0.05) is 24.2 Å². The maximum atomic E-state index is 12.7. The van der Waals surface area contributed by atoms with Gasteiger partial charge >= 0.3 is 18.1 Å². The molecule has 10 nitrogen and oxygen atoms in total. The number of aromatic carboxylic acids is 1. The number of benzene rings is 2. The van der Waals surface area contributed by atoms with Crippen molar-refractivity contribution in [1.29, 1.82) is 0 Å². The maximum Gasteiger partial charge on any atom is 0.490 e. The molecule has 2 aromatic carbocycles. The van der Waals surface area contributed by atoms with Gasteiger partial charge in [-0.15, -0.1) is 0 Å². The molecule has 0 bridgehead atoms. The summed E-state index contributed by atoms with van der Waals surface area (Å²) in [6.07, 6.45) is -3.64. The lowest BCUT2D eigenvalue weighted by molar-refractivity contribution is -0.192. The third-order valence-corrected chi connectivity index (χ3v) is 7.05. The van der Waals surface area contributed by atoms with E-state index < -0.39 is 28.1 Å². The van der Waals surface area contributed by atoms with Gasteiger partial charge in [0, 0.05) is 24.8 Å². The topological polar surface area (TPSA) is 150 Å². The van der Waals surface area contributed by atoms with Gasteiger partial charge in [0.2, 0.25) is 0 Å². The van der Waals surface area contributed by atoms with Crippen LogP contribution in [0.15, 0.2) is 51.9 Å². The zero-order valence-corrected chi connectivity index (χ0v) is 22.4. The van der Waals surface area contributed by atoms with E-state index in [1.165, 1.54) is 18.2 Å². The predicted octanol–water partition coefficient (Wildman–Crippen LogP) is 4.67. The number of aliphatic carboxylic acids is 1. The Hall–Kier alpha value is -4.07. The van der Waals surface area contributed by atoms with Crippen LogP contribution in [0.25, 0.3) is 0 Å². The number of likely N-dealkylation sites (N-methyl/N-ethyl adjacent to an activating group) is 1. The number of carbonyl (C=O) groups is 2. The molecule has 14 heteroatoms. The molecule has 0 radical (unpaired) electrons. The number of hydrogen-bond acceptors (Lipinski definition) is 7. The number of hydrogen-bond donors (Lipinski definition) is 3. The van der Waals surface area contributed by atoms with Crippen LogP contribution in [0.2, 0.25) is 0 Å². The Bertz CT molecular complexity index is 1400. The van der Waals surface area contributed by atoms with Crippen molar-refractivity contribution in [2.45, 2.75) is 44.7 Å². The summed E-state index contributed by atoms with van der Waals surface area (Å²) >= 11 is 0. The van der Waals surface area contributed by atoms with Crippen LogP contribution in [0.4, 0.5) is 24.5 Å². The summed E-state index contributed by atoms with van der Waals surface area (Å²) in [6.45, 7) is 6.24. The Labute approximate surface area is 223 Å². The number of rotatable bonds is 9. The first-order valence-corrected chi connectivity index (χ1v) is 13.0. The molecule has 0 spiro atoms. The van der Waals surface area contributed by atoms with E-state index in [2.05, 4.69) is 9.88 Å². The number of alkyl halides is 3. The van der Waals surface area contributed by atoms with Crippen molar-refractivity contribution in [3.8, 4) is 0 Å². The van der Waals surface area contributed by atoms with Crippen LogP contribution < -0.4 is 9.62 Å². The lowest BCUT2D eigenvalue weighted by Crippen LogP contribution is -2.23. The van der Waals surface area contributed by atoms with Crippen LogP contribution in [0.3, 0.4) is 0 Å². The minimum atomic E-state index is -5.08. The number of carboxylic acid groups (broad SMARTS) is 2. The number of anilines is 2. The fraction of sp³-hybridized carbons (Fsp3) is 0.320. The summed E-state index contributed by atoms with van der Waals surface area (Å²) in [7, 11) is -2.05. The molecule has 0 aliphatic carbocycles. The number of halogens is 3. The van der Waals surface area contributed by atoms with E-state index in [1.54, 1.807) is 31.3 Å². The third-order valence-electron chi connectivity index (χ3n) is 5.65. The van der Waals surface area contributed by atoms with Crippen molar-refractivity contribution in [1.82, 2.24) is 5.16 Å². The molecule has 0 aliphatic heterocycles. The van der Waals surface area contributed by atoms with Crippen molar-refractivity contribution in [3.05, 3.63) is 70.6 Å². The number of aromatic nitrogens is 1. The lowest BCUT2D eigenvalue weighted by atomic mass is 10.1. The lowest BCUT2D eigenvalue weighted by Gasteiger charge is -2.22. The van der Waals surface area contributed by atoms with Crippen molar-refractivity contribution in [3.63, 3.8) is 0 Å². The fourth-order valence-electron chi connectivity index (χ4n) is 3.48. The molecule has 0 amide bonds. The molecule has 3 aromatic rings. The average molecular weight is 572 g/mol. The summed E-state index contributed by atoms with van der Waals surface area (Å²) in [5.74, 6) is -3.16. The first kappa shape index (κ1) is 31.1. The number of nitrogens with one attached hydrogen (secondary N) is 1. The average Bonchev–Trinajstić information content (AvgIpc) is 3.18. The molecule has 1 heterocycles. The Balaban J connectivity index is 0.000000673. The highest BCUT2D eigenvalue weighted by Gasteiger charge is 2.38. The summed E-state index contributed by atoms with van der Waals surface area (Å²) in [6, 6.07) is 11.1. The second-order valence-corrected chi connectivity index (χ2v) is 10.1. The number of sulfonamides is 1. The molecule has 1 aromatic heterocycles. The van der Waals surface area contributed by atoms with E-state index in [1.807, 2.05) is 25.7 Å². The monoisotopic (exact) mass is 571 g/mol. The summed E-state index contributed by atoms with van der Waals surface area (Å²) in [4.78, 5) is 22.7. The van der Waals surface area contributed by atoms with Crippen molar-refractivity contribution >= 4 is 33.3 Å². The number of carboxylic acids is 2. The van der Waals surface area contributed by atoms with Gasteiger partial charge in [0.05, 0.1) is 21.8 Å². The van der Waals surface area contributed by atoms with Gasteiger partial charge in [-0.2, -0.15) is 13.2 Å². The Morgan fingerprint density at radius 3 is 2.13 bits per heavy atom. The van der Waals surface area contributed by atoms with Crippen LogP contribution in [0, 0.1) is 13.8 Å². The molecule has 0 fully saturated rings. The second kappa shape index (κ2) is 12.7. The van der Waals surface area contributed by atoms with Crippen LogP contribution in [-0.4, -0.2) is 55.5 Å². The highest BCUT2D eigenvalue weighted by molar-refractivity contribution is 7.92. The molecular formula is C25H28F3N3O7S. The maximum absolute atomic E-state index is 12.7. The number of aryl methyl sites for hydroxylation is 3. The Morgan fingerprint density at radius 2 is 1.67 bits per heavy atom. The highest BCUT2D eigenvalue weighted by Crippen LogP contribution is 2.26. The van der Waals surface area contributed by atoms with E-state index in [0.717, 1.165) is 29.0 Å². The van der Waals surface area contributed by atoms with Gasteiger partial charge in [0.15, 0.2) is 0 Å². The molecule has 0 saturated heterocycles. The van der Waals surface area contributed by atoms with Crippen molar-refractivity contribution in [2.24, 2.45) is 0 Å². The summed E-state index contributed by atoms with van der Waals surface area (Å²) in [5.41, 5.74) is 3.51. The van der Waals surface area contributed by atoms with E-state index in [9.17, 15) is 31.5 Å². The van der Waals surface area contributed by atoms with Crippen LogP contribution in [0.5, 0.6) is 0 Å². The molecule has 0 aliphatic rings. The van der Waals surface area contributed by atoms with E-state index in [0.29, 0.717) is 18.7 Å². The van der Waals surface area contributed by atoms with Crippen molar-refractivity contribution < 1.29 is 45.9 Å². The Morgan fingerprint density at radius 1 is 1.08 bits per heavy atom. The van der Waals surface area contributed by atoms with Gasteiger partial charge in [0.25, 0.3) is 10.0 Å². The summed E-state index contributed by atoms with van der Waals surface area (Å²) in [5, 5.41) is 20.8. The van der Waals surface area contributed by atoms with Gasteiger partial charge < -0.3 is 19.6 Å². The minimum Gasteiger partial charge on any atom is -0.478 e. The van der Waals surface area contributed by atoms with Gasteiger partial charge in [0.1, 0.15) is 5.76 Å². The Kier molecular flexibility index (Phi) is 10.1. The number of nitrogens with zero attached hydrogens (tertiary/aromatic N) is 2. The SMILES string of the molecule is CCc1ccc(S(=O)(=O)Nc2ccc(N(C)CCc3c(C)noc3C)c(C(=O)O)c2)cc1.O=C(O)C(F)(F)F. The van der Waals surface area contributed by atoms with Crippen LogP contribution in [0.1, 0.15) is 39.9 Å². The standard InChI is InChI=1S/C23H27N3O5S.C2HF3O2/c1-5-17-6-9-19(10-7-17)32(29,30)25-18-8-11-22(21(14-18)23(27)28)26(4)13-12-20-15(2)24-31-16(20)3;3-2(4,5)1(6)7/h6-11,14,25H,5,12-13H2,1-4H3,(H,27,28);(H,6,7). The van der Waals surface area contributed by atoms with Crippen LogP contribution in [-0.2, 0) is 27.7 Å². The van der Waals surface area contributed by atoms with Gasteiger partial charge in [-0.25, -0.2) is 18.0 Å². The molecule has 0 unspecified atom stereocenters. The van der Waals surface area contributed by atoms with Gasteiger partial charge in [-0.3, -0.25) is 4.72 Å². The van der Waals surface area contributed by atoms with Crippen LogP contribution >= 0.6 is 0 Å². The molecule has 0 saturated carbocycles. The fourth-order valence-corrected chi connectivity index (χ4v) is 4.53. The first-order valence-electron chi connectivity index (χ1n) is 11.5. The highest BCUT2D eigenvalue weighted by atomic mass is 32.2. The molecule has 0 atom stereocenters. The third kappa shape index (κ3) is 8.46. The first-order chi connectivity index (χ1) is 18.1. The quantitative estimate of drug-likeness (QED) is 0.333. The molecule has 3 N–H and O–H groups in total. The molecule has 39 heavy (non-hydrogen) atoms. The van der Waals surface area contributed by atoms with Crippen molar-refractivity contribution in [2.75, 3.05) is 23.2 Å². The molecular weight excluding hydrogens is 543 g/mol. The molecule has 3 rings (SSSR count). The van der Waals surface area contributed by atoms with E-state index in [-0.39, 0.29) is 16.1 Å². The minimum absolute atomic E-state index is 0.00722. The van der Waals surface area contributed by atoms with Gasteiger partial charge in [-0.05, 0) is 62.6 Å². The smallest absolute Gasteiger partial charge is 0.478 e. The van der Waals surface area contributed by atoms with E-state index >= 15 is 0 Å².